The Morgan fingerprint density at radius 3 is 2.18 bits per heavy atom. The van der Waals surface area contributed by atoms with E-state index in [0.717, 1.165) is 16.0 Å². The predicted molar refractivity (Wildman–Crippen MR) is 142 cm³/mol. The van der Waals surface area contributed by atoms with Crippen LogP contribution in [0.2, 0.25) is 18.1 Å². The molecule has 0 aromatic heterocycles. The highest BCUT2D eigenvalue weighted by Crippen LogP contribution is 2.40. The van der Waals surface area contributed by atoms with Crippen LogP contribution in [0, 0.1) is 6.92 Å². The van der Waals surface area contributed by atoms with Crippen molar-refractivity contribution >= 4 is 41.1 Å². The van der Waals surface area contributed by atoms with Gasteiger partial charge in [0.15, 0.2) is 8.32 Å². The summed E-state index contributed by atoms with van der Waals surface area (Å²) in [4.78, 5) is 12.6. The van der Waals surface area contributed by atoms with Crippen LogP contribution in [0.4, 0.5) is 4.79 Å². The minimum absolute atomic E-state index is 0.0345. The quantitative estimate of drug-likeness (QED) is 0.290. The summed E-state index contributed by atoms with van der Waals surface area (Å²) in [5.74, 6) is 0.284. The molecule has 0 unspecified atom stereocenters. The lowest BCUT2D eigenvalue weighted by atomic mass is 10.0. The Morgan fingerprint density at radius 1 is 1.09 bits per heavy atom. The first-order valence-electron chi connectivity index (χ1n) is 11.1. The van der Waals surface area contributed by atoms with Gasteiger partial charge < -0.3 is 14.5 Å². The number of nitrogens with one attached hydrogen (secondary N) is 1. The number of aryl methyl sites for hydroxylation is 1. The molecule has 0 spiro atoms. The zero-order valence-electron chi connectivity index (χ0n) is 20.6. The zero-order valence-corrected chi connectivity index (χ0v) is 24.0. The molecule has 4 atom stereocenters. The maximum atomic E-state index is 13.3. The van der Waals surface area contributed by atoms with E-state index in [1.807, 2.05) is 61.5 Å². The van der Waals surface area contributed by atoms with E-state index in [1.54, 1.807) is 0 Å². The fourth-order valence-corrected chi connectivity index (χ4v) is 6.83. The van der Waals surface area contributed by atoms with Gasteiger partial charge in [-0.1, -0.05) is 84.7 Å². The lowest BCUT2D eigenvalue weighted by Gasteiger charge is -2.41. The van der Waals surface area contributed by atoms with Gasteiger partial charge in [0.1, 0.15) is 6.10 Å². The van der Waals surface area contributed by atoms with Crippen molar-refractivity contribution in [2.75, 3.05) is 12.8 Å². The fourth-order valence-electron chi connectivity index (χ4n) is 3.01. The van der Waals surface area contributed by atoms with Gasteiger partial charge in [0.2, 0.25) is 0 Å². The van der Waals surface area contributed by atoms with Crippen LogP contribution in [-0.4, -0.2) is 42.4 Å². The summed E-state index contributed by atoms with van der Waals surface area (Å²) < 4.78 is 25.9. The summed E-state index contributed by atoms with van der Waals surface area (Å²) in [7, 11) is -1.97. The highest BCUT2D eigenvalue weighted by atomic mass is 79.9. The molecule has 0 bridgehead atoms. The average molecular weight is 555 g/mol. The van der Waals surface area contributed by atoms with Gasteiger partial charge >= 0.3 is 6.09 Å². The Balaban J connectivity index is 2.42. The maximum absolute atomic E-state index is 13.3. The average Bonchev–Trinajstić information content (AvgIpc) is 2.76. The molecule has 33 heavy (non-hydrogen) atoms. The number of carbonyl (C=O) groups excluding carboxylic acids is 1. The van der Waals surface area contributed by atoms with Gasteiger partial charge in [0, 0.05) is 11.9 Å². The Labute approximate surface area is 210 Å². The first-order chi connectivity index (χ1) is 15.4. The van der Waals surface area contributed by atoms with Gasteiger partial charge in [-0.05, 0) is 42.8 Å². The topological polar surface area (TPSA) is 64.6 Å². The minimum Gasteiger partial charge on any atom is -0.440 e. The highest BCUT2D eigenvalue weighted by molar-refractivity contribution is 9.09. The Kier molecular flexibility index (Phi) is 9.91. The van der Waals surface area contributed by atoms with E-state index in [2.05, 4.69) is 55.1 Å². The van der Waals surface area contributed by atoms with Crippen molar-refractivity contribution in [1.29, 1.82) is 0 Å². The number of alkyl halides is 1. The lowest BCUT2D eigenvalue weighted by molar-refractivity contribution is 0.0716. The first-order valence-corrected chi connectivity index (χ1v) is 16.2. The predicted octanol–water partition coefficient (Wildman–Crippen LogP) is 6.35. The lowest BCUT2D eigenvalue weighted by Crippen LogP contribution is -2.49. The van der Waals surface area contributed by atoms with Crippen molar-refractivity contribution in [2.45, 2.75) is 67.8 Å². The van der Waals surface area contributed by atoms with Crippen LogP contribution < -0.4 is 5.32 Å². The molecule has 1 N–H and O–H groups in total. The number of hydrogen-bond acceptors (Lipinski definition) is 4. The summed E-state index contributed by atoms with van der Waals surface area (Å²) in [6.45, 7) is 12.9. The van der Waals surface area contributed by atoms with E-state index in [4.69, 9.17) is 9.16 Å². The van der Waals surface area contributed by atoms with Crippen molar-refractivity contribution in [2.24, 2.45) is 0 Å². The molecular weight excluding hydrogens is 518 g/mol. The standard InChI is InChI=1S/C25H36BrNO4SSi/c1-18-13-15-20(16-14-18)32(29)17-21(31-33(6,7)25(2,3)4)22(26)23(30-24(28)27-5)19-11-9-8-10-12-19/h8-16,21-23H,17H2,1-7H3,(H,27,28)/t21-,22-,23+,32-/m0/s1. The summed E-state index contributed by atoms with van der Waals surface area (Å²) >= 11 is 3.80. The van der Waals surface area contributed by atoms with E-state index in [-0.39, 0.29) is 10.8 Å². The third kappa shape index (κ3) is 7.77. The summed E-state index contributed by atoms with van der Waals surface area (Å²) in [5, 5.41) is 2.49. The second-order valence-corrected chi connectivity index (χ2v) is 17.0. The number of carbonyl (C=O) groups is 1. The second kappa shape index (κ2) is 11.8. The first kappa shape index (κ1) is 27.8. The van der Waals surface area contributed by atoms with E-state index in [1.165, 1.54) is 7.05 Å². The van der Waals surface area contributed by atoms with E-state index in [9.17, 15) is 9.00 Å². The summed E-state index contributed by atoms with van der Waals surface area (Å²) in [6.07, 6.45) is -1.59. The van der Waals surface area contributed by atoms with Crippen molar-refractivity contribution in [3.63, 3.8) is 0 Å². The van der Waals surface area contributed by atoms with Crippen molar-refractivity contribution < 1.29 is 18.2 Å². The Bertz CT molecular complexity index is 932. The number of hydrogen-bond donors (Lipinski definition) is 1. The molecule has 0 saturated carbocycles. The van der Waals surface area contributed by atoms with Gasteiger partial charge in [0.25, 0.3) is 0 Å². The number of amides is 1. The van der Waals surface area contributed by atoms with Gasteiger partial charge in [0.05, 0.1) is 27.5 Å². The Hall–Kier alpha value is -1.48. The molecule has 5 nitrogen and oxygen atoms in total. The molecule has 0 aliphatic heterocycles. The number of alkyl carbamates (subject to hydrolysis) is 1. The van der Waals surface area contributed by atoms with E-state index < -0.39 is 42.2 Å². The van der Waals surface area contributed by atoms with Crippen molar-refractivity contribution in [3.8, 4) is 0 Å². The van der Waals surface area contributed by atoms with Crippen LogP contribution >= 0.6 is 15.9 Å². The van der Waals surface area contributed by atoms with Crippen molar-refractivity contribution in [3.05, 3.63) is 65.7 Å². The number of ether oxygens (including phenoxy) is 1. The molecule has 0 radical (unpaired) electrons. The minimum atomic E-state index is -2.22. The van der Waals surface area contributed by atoms with Gasteiger partial charge in [-0.25, -0.2) is 4.79 Å². The van der Waals surface area contributed by atoms with Crippen LogP contribution in [0.5, 0.6) is 0 Å². The van der Waals surface area contributed by atoms with Crippen LogP contribution in [0.15, 0.2) is 59.5 Å². The molecule has 8 heteroatoms. The fraction of sp³-hybridized carbons (Fsp3) is 0.480. The highest BCUT2D eigenvalue weighted by Gasteiger charge is 2.43. The van der Waals surface area contributed by atoms with Crippen LogP contribution in [0.1, 0.15) is 38.0 Å². The molecule has 1 amide bonds. The maximum Gasteiger partial charge on any atom is 0.407 e. The molecular formula is C25H36BrNO4SSi. The van der Waals surface area contributed by atoms with Crippen LogP contribution in [0.3, 0.4) is 0 Å². The summed E-state index contributed by atoms with van der Waals surface area (Å²) in [6, 6.07) is 17.3. The van der Waals surface area contributed by atoms with Crippen molar-refractivity contribution in [1.82, 2.24) is 5.32 Å². The normalized spacial score (nSPS) is 15.9. The SMILES string of the molecule is CNC(=O)O[C@H](c1ccccc1)[C@@H](Br)[C@H](C[S@](=O)c1ccc(C)cc1)O[Si](C)(C)C(C)(C)C. The number of rotatable bonds is 9. The smallest absolute Gasteiger partial charge is 0.407 e. The summed E-state index contributed by atoms with van der Waals surface area (Å²) in [5.41, 5.74) is 1.96. The molecule has 2 rings (SSSR count). The third-order valence-corrected chi connectivity index (χ3v) is 13.1. The Morgan fingerprint density at radius 2 is 1.67 bits per heavy atom. The van der Waals surface area contributed by atoms with E-state index in [0.29, 0.717) is 0 Å². The third-order valence-electron chi connectivity index (χ3n) is 6.06. The molecule has 0 aliphatic rings. The molecule has 182 valence electrons. The van der Waals surface area contributed by atoms with Crippen LogP contribution in [0.25, 0.3) is 0 Å². The molecule has 0 aliphatic carbocycles. The van der Waals surface area contributed by atoms with Gasteiger partial charge in [-0.3, -0.25) is 4.21 Å². The molecule has 0 saturated heterocycles. The van der Waals surface area contributed by atoms with Gasteiger partial charge in [-0.2, -0.15) is 0 Å². The number of halogens is 1. The largest absolute Gasteiger partial charge is 0.440 e. The van der Waals surface area contributed by atoms with Gasteiger partial charge in [-0.15, -0.1) is 0 Å². The molecule has 2 aromatic rings. The molecule has 0 fully saturated rings. The molecule has 2 aromatic carbocycles. The number of benzene rings is 2. The monoisotopic (exact) mass is 553 g/mol. The van der Waals surface area contributed by atoms with Crippen LogP contribution in [-0.2, 0) is 20.0 Å². The van der Waals surface area contributed by atoms with E-state index >= 15 is 0 Å². The molecule has 0 heterocycles. The second-order valence-electron chi connectivity index (χ2n) is 9.67. The zero-order chi connectivity index (χ0) is 24.8.